The van der Waals surface area contributed by atoms with Gasteiger partial charge in [-0.05, 0) is 35.3 Å². The second-order valence-electron chi connectivity index (χ2n) is 11.6. The predicted octanol–water partition coefficient (Wildman–Crippen LogP) is 4.54. The second kappa shape index (κ2) is 9.13. The third-order valence-corrected chi connectivity index (χ3v) is 9.90. The zero-order valence-electron chi connectivity index (χ0n) is 20.1. The number of carbonyl (C=O) groups is 3. The highest BCUT2D eigenvalue weighted by atomic mass is 28.3. The van der Waals surface area contributed by atoms with Gasteiger partial charge in [0.1, 0.15) is 11.5 Å². The highest BCUT2D eigenvalue weighted by Crippen LogP contribution is 2.55. The predicted molar refractivity (Wildman–Crippen MR) is 128 cm³/mol. The molecular formula is C24H36O6Si2. The van der Waals surface area contributed by atoms with Crippen molar-refractivity contribution in [1.82, 2.24) is 0 Å². The number of phenols is 1. The zero-order chi connectivity index (χ0) is 23.8. The van der Waals surface area contributed by atoms with Crippen LogP contribution < -0.4 is 0 Å². The van der Waals surface area contributed by atoms with Crippen molar-refractivity contribution in [2.75, 3.05) is 13.2 Å². The van der Waals surface area contributed by atoms with Gasteiger partial charge in [0.2, 0.25) is 0 Å². The van der Waals surface area contributed by atoms with Gasteiger partial charge in [-0.1, -0.05) is 45.3 Å². The van der Waals surface area contributed by atoms with Crippen molar-refractivity contribution in [3.8, 4) is 5.75 Å². The Labute approximate surface area is 192 Å². The van der Waals surface area contributed by atoms with Gasteiger partial charge in [0, 0.05) is 28.5 Å². The molecule has 2 bridgehead atoms. The molecule has 6 nitrogen and oxygen atoms in total. The summed E-state index contributed by atoms with van der Waals surface area (Å²) in [4.78, 5) is 39.4. The zero-order valence-corrected chi connectivity index (χ0v) is 22.1. The van der Waals surface area contributed by atoms with Gasteiger partial charge in [0.25, 0.3) is 0 Å². The number of ether oxygens (including phenoxy) is 2. The van der Waals surface area contributed by atoms with Crippen molar-refractivity contribution in [3.05, 3.63) is 29.3 Å². The summed E-state index contributed by atoms with van der Waals surface area (Å²) < 4.78 is 11.3. The number of hydrogen-bond acceptors (Lipinski definition) is 6. The Hall–Kier alpha value is -1.94. The first-order valence-corrected chi connectivity index (χ1v) is 18.9. The Morgan fingerprint density at radius 2 is 1.44 bits per heavy atom. The van der Waals surface area contributed by atoms with Crippen molar-refractivity contribution < 1.29 is 29.0 Å². The van der Waals surface area contributed by atoms with E-state index in [1.165, 1.54) is 0 Å². The summed E-state index contributed by atoms with van der Waals surface area (Å²) in [5.74, 6) is -3.82. The average molecular weight is 477 g/mol. The Bertz CT molecular complexity index is 899. The van der Waals surface area contributed by atoms with Crippen LogP contribution in [0.25, 0.3) is 0 Å². The van der Waals surface area contributed by atoms with E-state index in [1.807, 2.05) is 0 Å². The van der Waals surface area contributed by atoms with Crippen LogP contribution >= 0.6 is 0 Å². The minimum absolute atomic E-state index is 0.0456. The maximum Gasteiger partial charge on any atom is 0.310 e. The minimum atomic E-state index is -1.41. The van der Waals surface area contributed by atoms with Crippen molar-refractivity contribution in [2.45, 2.75) is 69.6 Å². The van der Waals surface area contributed by atoms with E-state index in [0.29, 0.717) is 18.8 Å². The maximum atomic E-state index is 13.2. The number of fused-ring (bicyclic) bond motifs is 2. The third-order valence-electron chi connectivity index (χ3n) is 6.49. The Morgan fingerprint density at radius 1 is 0.906 bits per heavy atom. The van der Waals surface area contributed by atoms with Gasteiger partial charge in [-0.25, -0.2) is 0 Å². The summed E-state index contributed by atoms with van der Waals surface area (Å²) in [6.07, 6.45) is 0.203. The molecule has 8 heteroatoms. The highest BCUT2D eigenvalue weighted by molar-refractivity contribution is 6.76. The molecule has 1 N–H and O–H groups in total. The fourth-order valence-corrected chi connectivity index (χ4v) is 6.10. The number of carbonyl (C=O) groups excluding carboxylic acids is 3. The lowest BCUT2D eigenvalue weighted by Gasteiger charge is -2.46. The fourth-order valence-electron chi connectivity index (χ4n) is 4.67. The van der Waals surface area contributed by atoms with E-state index in [2.05, 4.69) is 39.3 Å². The molecule has 3 aliphatic carbocycles. The Balaban J connectivity index is 1.90. The number of hydrogen-bond donors (Lipinski definition) is 1. The molecule has 1 aromatic carbocycles. The first kappa shape index (κ1) is 24.7. The molecule has 0 aromatic heterocycles. The van der Waals surface area contributed by atoms with Crippen LogP contribution in [0.1, 0.15) is 29.4 Å². The summed E-state index contributed by atoms with van der Waals surface area (Å²) in [7, 11) is -2.79. The number of ketones is 1. The molecule has 3 aliphatic rings. The summed E-state index contributed by atoms with van der Waals surface area (Å²) in [6, 6.07) is 6.55. The first-order valence-electron chi connectivity index (χ1n) is 11.5. The summed E-state index contributed by atoms with van der Waals surface area (Å²) in [5.41, 5.74) is 1.50. The number of benzene rings is 1. The molecule has 4 atom stereocenters. The van der Waals surface area contributed by atoms with Gasteiger partial charge < -0.3 is 14.6 Å². The number of phenolic OH excluding ortho intramolecular Hbond substituents is 1. The lowest BCUT2D eigenvalue weighted by atomic mass is 9.55. The normalized spacial score (nSPS) is 24.8. The quantitative estimate of drug-likeness (QED) is 0.438. The van der Waals surface area contributed by atoms with Gasteiger partial charge in [-0.2, -0.15) is 0 Å². The van der Waals surface area contributed by atoms with Crippen LogP contribution in [0.3, 0.4) is 0 Å². The molecule has 1 fully saturated rings. The van der Waals surface area contributed by atoms with Crippen LogP contribution in [0.15, 0.2) is 18.2 Å². The van der Waals surface area contributed by atoms with Crippen molar-refractivity contribution in [2.24, 2.45) is 11.8 Å². The molecule has 3 unspecified atom stereocenters. The number of esters is 2. The monoisotopic (exact) mass is 476 g/mol. The fraction of sp³-hybridized carbons (Fsp3) is 0.625. The molecule has 32 heavy (non-hydrogen) atoms. The summed E-state index contributed by atoms with van der Waals surface area (Å²) in [5, 5.41) is 10.0. The van der Waals surface area contributed by atoms with E-state index in [9.17, 15) is 19.5 Å². The molecule has 1 aromatic rings. The number of Topliss-reactive ketones (excluding diaryl/α,β-unsaturated/α-hetero) is 1. The smallest absolute Gasteiger partial charge is 0.310 e. The van der Waals surface area contributed by atoms with E-state index in [4.69, 9.17) is 9.47 Å². The van der Waals surface area contributed by atoms with E-state index in [0.717, 1.165) is 17.7 Å². The lowest BCUT2D eigenvalue weighted by Crippen LogP contribution is -2.51. The van der Waals surface area contributed by atoms with E-state index < -0.39 is 51.8 Å². The largest absolute Gasteiger partial charge is 0.508 e. The van der Waals surface area contributed by atoms with Crippen molar-refractivity contribution >= 4 is 33.9 Å². The molecule has 0 radical (unpaired) electrons. The van der Waals surface area contributed by atoms with Crippen LogP contribution in [0.2, 0.25) is 51.4 Å². The van der Waals surface area contributed by atoms with Crippen LogP contribution in [0, 0.1) is 11.8 Å². The molecule has 0 saturated heterocycles. The molecule has 0 heterocycles. The van der Waals surface area contributed by atoms with Crippen LogP contribution in [-0.2, 0) is 23.9 Å². The highest BCUT2D eigenvalue weighted by Gasteiger charge is 2.57. The Kier molecular flexibility index (Phi) is 7.05. The Morgan fingerprint density at radius 3 is 1.97 bits per heavy atom. The van der Waals surface area contributed by atoms with Crippen molar-refractivity contribution in [1.29, 1.82) is 0 Å². The molecule has 0 aliphatic heterocycles. The average Bonchev–Trinajstić information content (AvgIpc) is 2.64. The molecule has 0 amide bonds. The number of aromatic hydroxyl groups is 1. The SMILES string of the molecule is C[Si](C)(C)CCOC(=O)C1C2C(=O)CC(c3ccc(O)cc32)[C@H]1C(=O)OCC[Si](C)(C)C. The third kappa shape index (κ3) is 5.51. The topological polar surface area (TPSA) is 89.9 Å². The first-order chi connectivity index (χ1) is 14.8. The molecule has 0 spiro atoms. The lowest BCUT2D eigenvalue weighted by molar-refractivity contribution is -0.167. The minimum Gasteiger partial charge on any atom is -0.508 e. The standard InChI is InChI=1S/C24H36O6Si2/c1-31(2,3)11-9-29-23(27)21-18-14-19(26)20(17-13-15(25)7-8-16(17)18)22(21)24(28)30-10-12-32(4,5)6/h7-8,13,18,20-22,25H,9-12,14H2,1-6H3/t18?,20?,21-,22?/m1/s1. The maximum absolute atomic E-state index is 13.2. The van der Waals surface area contributed by atoms with E-state index in [-0.39, 0.29) is 18.0 Å². The number of rotatable bonds is 8. The van der Waals surface area contributed by atoms with Gasteiger partial charge in [-0.15, -0.1) is 0 Å². The van der Waals surface area contributed by atoms with Gasteiger partial charge in [-0.3, -0.25) is 14.4 Å². The molecule has 176 valence electrons. The van der Waals surface area contributed by atoms with Gasteiger partial charge in [0.15, 0.2) is 0 Å². The van der Waals surface area contributed by atoms with Gasteiger partial charge >= 0.3 is 11.9 Å². The summed E-state index contributed by atoms with van der Waals surface area (Å²) in [6.45, 7) is 13.9. The second-order valence-corrected chi connectivity index (χ2v) is 22.8. The van der Waals surface area contributed by atoms with Crippen LogP contribution in [0.4, 0.5) is 0 Å². The van der Waals surface area contributed by atoms with Crippen LogP contribution in [0.5, 0.6) is 5.75 Å². The molecular weight excluding hydrogens is 440 g/mol. The van der Waals surface area contributed by atoms with Crippen molar-refractivity contribution in [3.63, 3.8) is 0 Å². The van der Waals surface area contributed by atoms with E-state index in [1.54, 1.807) is 18.2 Å². The molecule has 1 saturated carbocycles. The summed E-state index contributed by atoms with van der Waals surface area (Å²) >= 11 is 0. The van der Waals surface area contributed by atoms with Gasteiger partial charge in [0.05, 0.1) is 31.0 Å². The molecule has 4 rings (SSSR count). The van der Waals surface area contributed by atoms with E-state index >= 15 is 0 Å². The van der Waals surface area contributed by atoms with Crippen LogP contribution in [-0.4, -0.2) is 52.2 Å².